The molecule has 0 aliphatic carbocycles. The number of nitrogens with two attached hydrogens (primary N) is 1. The third kappa shape index (κ3) is 10.7. The fourth-order valence-corrected chi connectivity index (χ4v) is 4.49. The summed E-state index contributed by atoms with van der Waals surface area (Å²) in [6.45, 7) is 3.72. The van der Waals surface area contributed by atoms with Gasteiger partial charge in [0.05, 0.1) is 6.54 Å². The van der Waals surface area contributed by atoms with Crippen LogP contribution in [0.1, 0.15) is 64.4 Å². The molecule has 1 aromatic carbocycles. The van der Waals surface area contributed by atoms with E-state index in [0.717, 1.165) is 5.56 Å². The molecule has 1 aromatic rings. The van der Waals surface area contributed by atoms with Gasteiger partial charge in [0.2, 0.25) is 29.5 Å². The van der Waals surface area contributed by atoms with Crippen molar-refractivity contribution in [3.05, 3.63) is 35.9 Å². The molecular weight excluding hydrogens is 518 g/mol. The molecule has 6 N–H and O–H groups in total. The van der Waals surface area contributed by atoms with Gasteiger partial charge in [0, 0.05) is 25.8 Å². The molecule has 0 saturated carbocycles. The lowest BCUT2D eigenvalue weighted by molar-refractivity contribution is -0.142. The molecule has 12 heteroatoms. The number of carbonyl (C=O) groups excluding carboxylic acids is 5. The standard InChI is InChI=1S/C28H41N5O7/c1-3-18(2)25(27(39)31-21(26(29)38)16-19-10-5-4-6-11-19)32-23(35)17-33-15-9-12-20(28(33)40)30-22(34)13-7-8-14-24(36)37/h4-6,10-11,18,20-21,25H,3,7-9,12-17H2,1-2H3,(H2,29,38)(H,30,34)(H,31,39)(H,32,35)(H,36,37)/t18-,20?,21-,25-/m0/s1. The van der Waals surface area contributed by atoms with E-state index in [1.54, 1.807) is 6.92 Å². The molecule has 4 atom stereocenters. The number of hydrogen-bond acceptors (Lipinski definition) is 6. The van der Waals surface area contributed by atoms with Crippen molar-refractivity contribution in [1.82, 2.24) is 20.9 Å². The van der Waals surface area contributed by atoms with Crippen molar-refractivity contribution in [2.24, 2.45) is 11.7 Å². The summed E-state index contributed by atoms with van der Waals surface area (Å²) in [5.74, 6) is -3.69. The summed E-state index contributed by atoms with van der Waals surface area (Å²) < 4.78 is 0. The predicted octanol–water partition coefficient (Wildman–Crippen LogP) is 0.482. The summed E-state index contributed by atoms with van der Waals surface area (Å²) in [7, 11) is 0. The van der Waals surface area contributed by atoms with E-state index < -0.39 is 41.8 Å². The molecule has 220 valence electrons. The van der Waals surface area contributed by atoms with Gasteiger partial charge in [-0.05, 0) is 37.2 Å². The monoisotopic (exact) mass is 559 g/mol. The Labute approximate surface area is 234 Å². The number of hydrogen-bond donors (Lipinski definition) is 5. The van der Waals surface area contributed by atoms with E-state index in [1.807, 2.05) is 37.3 Å². The van der Waals surface area contributed by atoms with Crippen molar-refractivity contribution in [3.8, 4) is 0 Å². The minimum absolute atomic E-state index is 0.0234. The molecule has 0 radical (unpaired) electrons. The summed E-state index contributed by atoms with van der Waals surface area (Å²) in [6.07, 6.45) is 2.64. The second-order valence-corrected chi connectivity index (χ2v) is 10.2. The zero-order valence-electron chi connectivity index (χ0n) is 23.2. The topological polar surface area (TPSA) is 188 Å². The van der Waals surface area contributed by atoms with Crippen molar-refractivity contribution in [1.29, 1.82) is 0 Å². The van der Waals surface area contributed by atoms with E-state index in [-0.39, 0.29) is 43.5 Å². The molecular formula is C28H41N5O7. The summed E-state index contributed by atoms with van der Waals surface area (Å²) in [4.78, 5) is 75.3. The first-order valence-electron chi connectivity index (χ1n) is 13.7. The Morgan fingerprint density at radius 1 is 1.05 bits per heavy atom. The molecule has 2 rings (SSSR count). The first-order chi connectivity index (χ1) is 19.0. The molecule has 1 heterocycles. The van der Waals surface area contributed by atoms with E-state index in [9.17, 15) is 28.8 Å². The van der Waals surface area contributed by atoms with E-state index in [2.05, 4.69) is 16.0 Å². The molecule has 1 unspecified atom stereocenters. The van der Waals surface area contributed by atoms with Crippen LogP contribution < -0.4 is 21.7 Å². The zero-order chi connectivity index (χ0) is 29.7. The zero-order valence-corrected chi connectivity index (χ0v) is 23.2. The highest BCUT2D eigenvalue weighted by Crippen LogP contribution is 2.14. The Bertz CT molecular complexity index is 1050. The molecule has 0 spiro atoms. The number of primary amides is 1. The summed E-state index contributed by atoms with van der Waals surface area (Å²) in [5, 5.41) is 16.8. The molecule has 1 aliphatic rings. The smallest absolute Gasteiger partial charge is 0.303 e. The third-order valence-corrected chi connectivity index (χ3v) is 7.00. The quantitative estimate of drug-likeness (QED) is 0.182. The predicted molar refractivity (Wildman–Crippen MR) is 147 cm³/mol. The van der Waals surface area contributed by atoms with Crippen molar-refractivity contribution in [2.45, 2.75) is 83.3 Å². The van der Waals surface area contributed by atoms with Gasteiger partial charge in [0.15, 0.2) is 0 Å². The van der Waals surface area contributed by atoms with E-state index in [0.29, 0.717) is 38.6 Å². The number of carboxylic acid groups (broad SMARTS) is 1. The fourth-order valence-electron chi connectivity index (χ4n) is 4.49. The van der Waals surface area contributed by atoms with Crippen molar-refractivity contribution in [3.63, 3.8) is 0 Å². The van der Waals surface area contributed by atoms with Crippen LogP contribution in [0.5, 0.6) is 0 Å². The average Bonchev–Trinajstić information content (AvgIpc) is 2.91. The number of nitrogens with one attached hydrogen (secondary N) is 3. The van der Waals surface area contributed by atoms with Crippen LogP contribution in [0.4, 0.5) is 0 Å². The van der Waals surface area contributed by atoms with Gasteiger partial charge in [-0.15, -0.1) is 0 Å². The van der Waals surface area contributed by atoms with Gasteiger partial charge in [-0.1, -0.05) is 50.6 Å². The average molecular weight is 560 g/mol. The number of rotatable bonds is 16. The van der Waals surface area contributed by atoms with Crippen LogP contribution in [0.3, 0.4) is 0 Å². The van der Waals surface area contributed by atoms with Gasteiger partial charge < -0.3 is 31.7 Å². The Kier molecular flexibility index (Phi) is 13.1. The summed E-state index contributed by atoms with van der Waals surface area (Å²) in [5.41, 5.74) is 6.36. The molecule has 1 saturated heterocycles. The lowest BCUT2D eigenvalue weighted by Crippen LogP contribution is -2.58. The normalized spacial score (nSPS) is 17.3. The number of aliphatic carboxylic acids is 1. The lowest BCUT2D eigenvalue weighted by Gasteiger charge is -2.33. The second-order valence-electron chi connectivity index (χ2n) is 10.2. The second kappa shape index (κ2) is 16.2. The molecule has 12 nitrogen and oxygen atoms in total. The van der Waals surface area contributed by atoms with Crippen molar-refractivity contribution < 1.29 is 33.9 Å². The highest BCUT2D eigenvalue weighted by molar-refractivity contribution is 5.94. The van der Waals surface area contributed by atoms with Crippen LogP contribution in [0.2, 0.25) is 0 Å². The van der Waals surface area contributed by atoms with Crippen molar-refractivity contribution in [2.75, 3.05) is 13.1 Å². The number of piperidine rings is 1. The molecule has 1 fully saturated rings. The first-order valence-corrected chi connectivity index (χ1v) is 13.7. The Balaban J connectivity index is 1.95. The number of benzene rings is 1. The molecule has 1 aliphatic heterocycles. The minimum atomic E-state index is -0.962. The molecule has 5 amide bonds. The molecule has 40 heavy (non-hydrogen) atoms. The fraction of sp³-hybridized carbons (Fsp3) is 0.571. The lowest BCUT2D eigenvalue weighted by atomic mass is 9.97. The van der Waals surface area contributed by atoms with E-state index in [4.69, 9.17) is 10.8 Å². The number of carbonyl (C=O) groups is 6. The van der Waals surface area contributed by atoms with Crippen molar-refractivity contribution >= 4 is 35.5 Å². The Morgan fingerprint density at radius 2 is 1.73 bits per heavy atom. The molecule has 0 aromatic heterocycles. The van der Waals surface area contributed by atoms with Gasteiger partial charge in [-0.25, -0.2) is 0 Å². The minimum Gasteiger partial charge on any atom is -0.481 e. The van der Waals surface area contributed by atoms with Crippen LogP contribution in [-0.4, -0.2) is 76.7 Å². The van der Waals surface area contributed by atoms with Gasteiger partial charge >= 0.3 is 5.97 Å². The largest absolute Gasteiger partial charge is 0.481 e. The van der Waals surface area contributed by atoms with E-state index >= 15 is 0 Å². The SMILES string of the molecule is CC[C@H](C)[C@H](NC(=O)CN1CCCC(NC(=O)CCCCC(=O)O)C1=O)C(=O)N[C@@H](Cc1ccccc1)C(N)=O. The van der Waals surface area contributed by atoms with Crippen LogP contribution in [0.25, 0.3) is 0 Å². The summed E-state index contributed by atoms with van der Waals surface area (Å²) >= 11 is 0. The highest BCUT2D eigenvalue weighted by atomic mass is 16.4. The van der Waals surface area contributed by atoms with Gasteiger partial charge in [0.1, 0.15) is 18.1 Å². The van der Waals surface area contributed by atoms with Crippen LogP contribution in [0, 0.1) is 5.92 Å². The molecule has 0 bridgehead atoms. The number of nitrogens with zero attached hydrogens (tertiary/aromatic N) is 1. The van der Waals surface area contributed by atoms with Crippen LogP contribution in [-0.2, 0) is 35.2 Å². The highest BCUT2D eigenvalue weighted by Gasteiger charge is 2.33. The Morgan fingerprint density at radius 3 is 2.35 bits per heavy atom. The number of amides is 5. The van der Waals surface area contributed by atoms with E-state index in [1.165, 1.54) is 4.90 Å². The van der Waals surface area contributed by atoms with Crippen LogP contribution >= 0.6 is 0 Å². The van der Waals surface area contributed by atoms with Gasteiger partial charge in [0.25, 0.3) is 0 Å². The Hall–Kier alpha value is -3.96. The first kappa shape index (κ1) is 32.3. The maximum atomic E-state index is 13.2. The number of carboxylic acids is 1. The third-order valence-electron chi connectivity index (χ3n) is 7.00. The van der Waals surface area contributed by atoms with Gasteiger partial charge in [-0.2, -0.15) is 0 Å². The van der Waals surface area contributed by atoms with Gasteiger partial charge in [-0.3, -0.25) is 28.8 Å². The maximum absolute atomic E-state index is 13.2. The number of unbranched alkanes of at least 4 members (excludes halogenated alkanes) is 1. The maximum Gasteiger partial charge on any atom is 0.303 e. The van der Waals surface area contributed by atoms with Crippen LogP contribution in [0.15, 0.2) is 30.3 Å². The summed E-state index contributed by atoms with van der Waals surface area (Å²) in [6, 6.07) is 6.43. The number of likely N-dealkylation sites (tertiary alicyclic amines) is 1.